The summed E-state index contributed by atoms with van der Waals surface area (Å²) in [5.41, 5.74) is 2.23. The van der Waals surface area contributed by atoms with Gasteiger partial charge in [0.25, 0.3) is 0 Å². The average molecular weight is 290 g/mol. The molecule has 2 rings (SSSR count). The predicted molar refractivity (Wildman–Crippen MR) is 84.8 cm³/mol. The summed E-state index contributed by atoms with van der Waals surface area (Å²) in [6, 6.07) is 14.2. The molecular formula is C17H20ClNO. The second-order valence-electron chi connectivity index (χ2n) is 4.86. The summed E-state index contributed by atoms with van der Waals surface area (Å²) >= 11 is 6.02. The SMILES string of the molecule is CCNC(C)c1cccc(Oc2ccc(Cl)c(C)c2)c1. The lowest BCUT2D eigenvalue weighted by molar-refractivity contribution is 0.479. The van der Waals surface area contributed by atoms with Crippen LogP contribution in [0, 0.1) is 6.92 Å². The normalized spacial score (nSPS) is 12.2. The van der Waals surface area contributed by atoms with Crippen LogP contribution in [0.15, 0.2) is 42.5 Å². The van der Waals surface area contributed by atoms with E-state index in [1.165, 1.54) is 5.56 Å². The van der Waals surface area contributed by atoms with Crippen LogP contribution in [0.3, 0.4) is 0 Å². The van der Waals surface area contributed by atoms with Gasteiger partial charge in [-0.3, -0.25) is 0 Å². The van der Waals surface area contributed by atoms with Gasteiger partial charge in [0.05, 0.1) is 0 Å². The van der Waals surface area contributed by atoms with E-state index in [-0.39, 0.29) is 0 Å². The molecule has 0 aromatic heterocycles. The number of halogens is 1. The quantitative estimate of drug-likeness (QED) is 0.826. The van der Waals surface area contributed by atoms with E-state index in [4.69, 9.17) is 16.3 Å². The van der Waals surface area contributed by atoms with Crippen LogP contribution in [0.5, 0.6) is 11.5 Å². The highest BCUT2D eigenvalue weighted by Gasteiger charge is 2.06. The molecule has 0 fully saturated rings. The Balaban J connectivity index is 2.16. The first-order valence-corrected chi connectivity index (χ1v) is 7.25. The fourth-order valence-electron chi connectivity index (χ4n) is 2.09. The van der Waals surface area contributed by atoms with Crippen molar-refractivity contribution >= 4 is 11.6 Å². The third-order valence-corrected chi connectivity index (χ3v) is 3.66. The van der Waals surface area contributed by atoms with Gasteiger partial charge in [-0.2, -0.15) is 0 Å². The second-order valence-corrected chi connectivity index (χ2v) is 5.27. The number of nitrogens with one attached hydrogen (secondary N) is 1. The fraction of sp³-hybridized carbons (Fsp3) is 0.294. The van der Waals surface area contributed by atoms with E-state index in [0.717, 1.165) is 28.6 Å². The summed E-state index contributed by atoms with van der Waals surface area (Å²) in [5, 5.41) is 4.15. The average Bonchev–Trinajstić information content (AvgIpc) is 2.43. The van der Waals surface area contributed by atoms with Crippen LogP contribution in [0.1, 0.15) is 31.0 Å². The van der Waals surface area contributed by atoms with Gasteiger partial charge in [0, 0.05) is 11.1 Å². The van der Waals surface area contributed by atoms with Crippen LogP contribution >= 0.6 is 11.6 Å². The lowest BCUT2D eigenvalue weighted by Crippen LogP contribution is -2.17. The van der Waals surface area contributed by atoms with Crippen molar-refractivity contribution in [2.45, 2.75) is 26.8 Å². The smallest absolute Gasteiger partial charge is 0.127 e. The van der Waals surface area contributed by atoms with Gasteiger partial charge in [-0.15, -0.1) is 0 Å². The van der Waals surface area contributed by atoms with Gasteiger partial charge < -0.3 is 10.1 Å². The van der Waals surface area contributed by atoms with Crippen LogP contribution in [0.2, 0.25) is 5.02 Å². The maximum absolute atomic E-state index is 6.02. The maximum Gasteiger partial charge on any atom is 0.127 e. The Morgan fingerprint density at radius 3 is 2.60 bits per heavy atom. The molecule has 0 saturated heterocycles. The van der Waals surface area contributed by atoms with Crippen molar-refractivity contribution < 1.29 is 4.74 Å². The van der Waals surface area contributed by atoms with Gasteiger partial charge in [-0.1, -0.05) is 30.7 Å². The molecule has 0 spiro atoms. The Morgan fingerprint density at radius 2 is 1.90 bits per heavy atom. The summed E-state index contributed by atoms with van der Waals surface area (Å²) in [5.74, 6) is 1.65. The summed E-state index contributed by atoms with van der Waals surface area (Å²) < 4.78 is 5.90. The van der Waals surface area contributed by atoms with Crippen molar-refractivity contribution in [2.24, 2.45) is 0 Å². The van der Waals surface area contributed by atoms with Gasteiger partial charge in [0.2, 0.25) is 0 Å². The van der Waals surface area contributed by atoms with Crippen molar-refractivity contribution in [3.8, 4) is 11.5 Å². The van der Waals surface area contributed by atoms with E-state index >= 15 is 0 Å². The van der Waals surface area contributed by atoms with Crippen molar-refractivity contribution in [1.82, 2.24) is 5.32 Å². The fourth-order valence-corrected chi connectivity index (χ4v) is 2.21. The number of hydrogen-bond acceptors (Lipinski definition) is 2. The van der Waals surface area contributed by atoms with E-state index in [1.54, 1.807) is 0 Å². The van der Waals surface area contributed by atoms with Crippen LogP contribution in [0.4, 0.5) is 0 Å². The zero-order valence-electron chi connectivity index (χ0n) is 12.1. The topological polar surface area (TPSA) is 21.3 Å². The second kappa shape index (κ2) is 6.78. The first-order chi connectivity index (χ1) is 9.60. The number of ether oxygens (including phenoxy) is 1. The van der Waals surface area contributed by atoms with Crippen LogP contribution in [-0.2, 0) is 0 Å². The molecule has 20 heavy (non-hydrogen) atoms. The molecular weight excluding hydrogens is 270 g/mol. The maximum atomic E-state index is 6.02. The van der Waals surface area contributed by atoms with Gasteiger partial charge in [0.15, 0.2) is 0 Å². The molecule has 2 nitrogen and oxygen atoms in total. The minimum absolute atomic E-state index is 0.315. The lowest BCUT2D eigenvalue weighted by atomic mass is 10.1. The van der Waals surface area contributed by atoms with Gasteiger partial charge in [0.1, 0.15) is 11.5 Å². The zero-order chi connectivity index (χ0) is 14.5. The summed E-state index contributed by atoms with van der Waals surface area (Å²) in [7, 11) is 0. The van der Waals surface area contributed by atoms with E-state index in [0.29, 0.717) is 6.04 Å². The molecule has 1 N–H and O–H groups in total. The van der Waals surface area contributed by atoms with E-state index in [9.17, 15) is 0 Å². The molecule has 0 amide bonds. The van der Waals surface area contributed by atoms with E-state index < -0.39 is 0 Å². The molecule has 2 aromatic carbocycles. The minimum atomic E-state index is 0.315. The van der Waals surface area contributed by atoms with Crippen LogP contribution < -0.4 is 10.1 Å². The molecule has 0 aliphatic carbocycles. The molecule has 0 aliphatic rings. The lowest BCUT2D eigenvalue weighted by Gasteiger charge is -2.14. The number of aryl methyl sites for hydroxylation is 1. The minimum Gasteiger partial charge on any atom is -0.457 e. The van der Waals surface area contributed by atoms with Crippen molar-refractivity contribution in [3.05, 3.63) is 58.6 Å². The Morgan fingerprint density at radius 1 is 1.15 bits per heavy atom. The number of hydrogen-bond donors (Lipinski definition) is 1. The van der Waals surface area contributed by atoms with Crippen molar-refractivity contribution in [1.29, 1.82) is 0 Å². The Kier molecular flexibility index (Phi) is 5.05. The highest BCUT2D eigenvalue weighted by atomic mass is 35.5. The monoisotopic (exact) mass is 289 g/mol. The molecule has 0 aliphatic heterocycles. The third-order valence-electron chi connectivity index (χ3n) is 3.23. The van der Waals surface area contributed by atoms with Gasteiger partial charge in [-0.25, -0.2) is 0 Å². The number of benzene rings is 2. The Labute approximate surface area is 125 Å². The molecule has 0 radical (unpaired) electrons. The molecule has 0 heterocycles. The third kappa shape index (κ3) is 3.75. The molecule has 3 heteroatoms. The molecule has 0 saturated carbocycles. The molecule has 0 bridgehead atoms. The van der Waals surface area contributed by atoms with Crippen molar-refractivity contribution in [3.63, 3.8) is 0 Å². The number of rotatable bonds is 5. The van der Waals surface area contributed by atoms with Gasteiger partial charge in [-0.05, 0) is 61.9 Å². The first kappa shape index (κ1) is 14.9. The highest BCUT2D eigenvalue weighted by molar-refractivity contribution is 6.31. The first-order valence-electron chi connectivity index (χ1n) is 6.87. The van der Waals surface area contributed by atoms with Crippen LogP contribution in [0.25, 0.3) is 0 Å². The molecule has 1 unspecified atom stereocenters. The van der Waals surface area contributed by atoms with E-state index in [1.807, 2.05) is 37.3 Å². The van der Waals surface area contributed by atoms with Crippen LogP contribution in [-0.4, -0.2) is 6.54 Å². The predicted octanol–water partition coefficient (Wildman–Crippen LogP) is 5.11. The Hall–Kier alpha value is -1.51. The highest BCUT2D eigenvalue weighted by Crippen LogP contribution is 2.27. The molecule has 106 valence electrons. The standard InChI is InChI=1S/C17H20ClNO/c1-4-19-13(3)14-6-5-7-15(11-14)20-16-8-9-17(18)12(2)10-16/h5-11,13,19H,4H2,1-3H3. The largest absolute Gasteiger partial charge is 0.457 e. The van der Waals surface area contributed by atoms with Gasteiger partial charge >= 0.3 is 0 Å². The summed E-state index contributed by atoms with van der Waals surface area (Å²) in [6.07, 6.45) is 0. The van der Waals surface area contributed by atoms with E-state index in [2.05, 4.69) is 31.3 Å². The Bertz CT molecular complexity index is 583. The van der Waals surface area contributed by atoms with Crippen molar-refractivity contribution in [2.75, 3.05) is 6.54 Å². The molecule has 2 aromatic rings. The summed E-state index contributed by atoms with van der Waals surface area (Å²) in [6.45, 7) is 7.17. The molecule has 1 atom stereocenters. The zero-order valence-corrected chi connectivity index (χ0v) is 12.9. The summed E-state index contributed by atoms with van der Waals surface area (Å²) in [4.78, 5) is 0.